The average molecular weight is 169 g/mol. The van der Waals surface area contributed by atoms with Crippen LogP contribution in [0, 0.1) is 11.3 Å². The Morgan fingerprint density at radius 3 is 2.67 bits per heavy atom. The summed E-state index contributed by atoms with van der Waals surface area (Å²) < 4.78 is 0. The van der Waals surface area contributed by atoms with Crippen LogP contribution in [-0.2, 0) is 0 Å². The molecule has 0 aromatic carbocycles. The fraction of sp³-hybridized carbons (Fsp3) is 0.750. The Kier molecular flexibility index (Phi) is 5.80. The Morgan fingerprint density at radius 1 is 1.50 bits per heavy atom. The largest absolute Gasteiger partial charge is 0.338 e. The first kappa shape index (κ1) is 10.8. The van der Waals surface area contributed by atoms with Crippen LogP contribution < -0.4 is 5.32 Å². The van der Waals surface area contributed by atoms with E-state index in [1.54, 1.807) is 14.1 Å². The molecule has 0 rings (SSSR count). The molecule has 0 saturated carbocycles. The normalized spacial score (nSPS) is 8.75. The van der Waals surface area contributed by atoms with Gasteiger partial charge in [-0.2, -0.15) is 5.26 Å². The summed E-state index contributed by atoms with van der Waals surface area (Å²) >= 11 is 0. The van der Waals surface area contributed by atoms with E-state index in [1.165, 1.54) is 4.90 Å². The Labute approximate surface area is 73.2 Å². The third kappa shape index (κ3) is 5.54. The topological polar surface area (TPSA) is 56.1 Å². The molecule has 68 valence electrons. The third-order valence-electron chi connectivity index (χ3n) is 1.40. The lowest BCUT2D eigenvalue weighted by molar-refractivity contribution is 0.217. The molecule has 4 nitrogen and oxygen atoms in total. The molecule has 0 aliphatic rings. The van der Waals surface area contributed by atoms with Crippen molar-refractivity contribution in [3.8, 4) is 6.07 Å². The number of hydrogen-bond acceptors (Lipinski definition) is 2. The second kappa shape index (κ2) is 6.47. The van der Waals surface area contributed by atoms with Crippen LogP contribution in [0.5, 0.6) is 0 Å². The van der Waals surface area contributed by atoms with Gasteiger partial charge in [0.05, 0.1) is 6.07 Å². The minimum Gasteiger partial charge on any atom is -0.338 e. The number of amides is 2. The average Bonchev–Trinajstić information content (AvgIpc) is 2.03. The summed E-state index contributed by atoms with van der Waals surface area (Å²) in [6.45, 7) is 0.651. The summed E-state index contributed by atoms with van der Waals surface area (Å²) in [6.07, 6.45) is 2.29. The van der Waals surface area contributed by atoms with Gasteiger partial charge < -0.3 is 10.2 Å². The zero-order valence-corrected chi connectivity index (χ0v) is 7.63. The summed E-state index contributed by atoms with van der Waals surface area (Å²) in [5.41, 5.74) is 0. The molecule has 0 aliphatic heterocycles. The number of nitrogens with zero attached hydrogens (tertiary/aromatic N) is 2. The first-order chi connectivity index (χ1) is 5.68. The van der Waals surface area contributed by atoms with E-state index in [0.29, 0.717) is 13.0 Å². The Hall–Kier alpha value is -1.24. The number of carbonyl (C=O) groups is 1. The van der Waals surface area contributed by atoms with E-state index in [0.717, 1.165) is 12.8 Å². The van der Waals surface area contributed by atoms with Crippen LogP contribution in [-0.4, -0.2) is 31.6 Å². The fourth-order valence-electron chi connectivity index (χ4n) is 0.682. The maximum atomic E-state index is 10.9. The first-order valence-corrected chi connectivity index (χ1v) is 4.00. The summed E-state index contributed by atoms with van der Waals surface area (Å²) in [4.78, 5) is 12.4. The van der Waals surface area contributed by atoms with E-state index in [1.807, 2.05) is 0 Å². The summed E-state index contributed by atoms with van der Waals surface area (Å²) in [7, 11) is 3.40. The minimum atomic E-state index is -0.0769. The Bertz CT molecular complexity index is 172. The van der Waals surface area contributed by atoms with Gasteiger partial charge in [-0.25, -0.2) is 4.79 Å². The van der Waals surface area contributed by atoms with Gasteiger partial charge in [-0.15, -0.1) is 0 Å². The van der Waals surface area contributed by atoms with E-state index in [9.17, 15) is 4.79 Å². The standard InChI is InChI=1S/C8H15N3O/c1-11(2)8(12)10-7-5-3-4-6-9/h3-5,7H2,1-2H3,(H,10,12). The van der Waals surface area contributed by atoms with Gasteiger partial charge in [0, 0.05) is 27.1 Å². The number of hydrogen-bond donors (Lipinski definition) is 1. The molecular weight excluding hydrogens is 154 g/mol. The van der Waals surface area contributed by atoms with E-state index in [2.05, 4.69) is 11.4 Å². The van der Waals surface area contributed by atoms with Gasteiger partial charge in [-0.3, -0.25) is 0 Å². The molecule has 0 unspecified atom stereocenters. The maximum Gasteiger partial charge on any atom is 0.316 e. The second-order valence-corrected chi connectivity index (χ2v) is 2.74. The van der Waals surface area contributed by atoms with Crippen LogP contribution in [0.1, 0.15) is 19.3 Å². The monoisotopic (exact) mass is 169 g/mol. The molecule has 0 aliphatic carbocycles. The lowest BCUT2D eigenvalue weighted by Gasteiger charge is -2.10. The third-order valence-corrected chi connectivity index (χ3v) is 1.40. The number of carbonyl (C=O) groups excluding carboxylic acids is 1. The Morgan fingerprint density at radius 2 is 2.17 bits per heavy atom. The molecule has 0 atom stereocenters. The molecule has 4 heteroatoms. The maximum absolute atomic E-state index is 10.9. The van der Waals surface area contributed by atoms with Crippen molar-refractivity contribution in [3.05, 3.63) is 0 Å². The SMILES string of the molecule is CN(C)C(=O)NCCCCC#N. The molecule has 0 heterocycles. The van der Waals surface area contributed by atoms with Crippen LogP contribution in [0.15, 0.2) is 0 Å². The van der Waals surface area contributed by atoms with Crippen LogP contribution >= 0.6 is 0 Å². The van der Waals surface area contributed by atoms with Crippen molar-refractivity contribution >= 4 is 6.03 Å². The summed E-state index contributed by atoms with van der Waals surface area (Å²) in [5.74, 6) is 0. The van der Waals surface area contributed by atoms with Gasteiger partial charge in [-0.1, -0.05) is 0 Å². The molecule has 12 heavy (non-hydrogen) atoms. The molecule has 0 fully saturated rings. The molecule has 2 amide bonds. The van der Waals surface area contributed by atoms with Crippen molar-refractivity contribution < 1.29 is 4.79 Å². The molecule has 1 N–H and O–H groups in total. The molecular formula is C8H15N3O. The highest BCUT2D eigenvalue weighted by molar-refractivity contribution is 5.73. The van der Waals surface area contributed by atoms with Crippen molar-refractivity contribution in [3.63, 3.8) is 0 Å². The fourth-order valence-corrected chi connectivity index (χ4v) is 0.682. The summed E-state index contributed by atoms with van der Waals surface area (Å²) in [5, 5.41) is 10.9. The van der Waals surface area contributed by atoms with Gasteiger partial charge in [0.25, 0.3) is 0 Å². The van der Waals surface area contributed by atoms with E-state index in [-0.39, 0.29) is 6.03 Å². The molecule has 0 saturated heterocycles. The van der Waals surface area contributed by atoms with Crippen molar-refractivity contribution in [1.29, 1.82) is 5.26 Å². The molecule has 0 spiro atoms. The zero-order chi connectivity index (χ0) is 9.40. The van der Waals surface area contributed by atoms with Crippen molar-refractivity contribution in [2.45, 2.75) is 19.3 Å². The van der Waals surface area contributed by atoms with Crippen LogP contribution in [0.2, 0.25) is 0 Å². The van der Waals surface area contributed by atoms with Crippen molar-refractivity contribution in [2.75, 3.05) is 20.6 Å². The van der Waals surface area contributed by atoms with E-state index in [4.69, 9.17) is 5.26 Å². The lowest BCUT2D eigenvalue weighted by Crippen LogP contribution is -2.34. The van der Waals surface area contributed by atoms with Gasteiger partial charge in [0.1, 0.15) is 0 Å². The minimum absolute atomic E-state index is 0.0769. The summed E-state index contributed by atoms with van der Waals surface area (Å²) in [6, 6.07) is 1.98. The smallest absolute Gasteiger partial charge is 0.316 e. The zero-order valence-electron chi connectivity index (χ0n) is 7.63. The predicted molar refractivity (Wildman–Crippen MR) is 46.5 cm³/mol. The van der Waals surface area contributed by atoms with Crippen molar-refractivity contribution in [2.24, 2.45) is 0 Å². The number of unbranched alkanes of at least 4 members (excludes halogenated alkanes) is 2. The first-order valence-electron chi connectivity index (χ1n) is 4.00. The molecule has 0 bridgehead atoms. The van der Waals surface area contributed by atoms with Gasteiger partial charge in [0.15, 0.2) is 0 Å². The number of urea groups is 1. The van der Waals surface area contributed by atoms with Crippen molar-refractivity contribution in [1.82, 2.24) is 10.2 Å². The van der Waals surface area contributed by atoms with Gasteiger partial charge in [0.2, 0.25) is 0 Å². The number of nitrogens with one attached hydrogen (secondary N) is 1. The molecule has 0 radical (unpaired) electrons. The van der Waals surface area contributed by atoms with Gasteiger partial charge in [-0.05, 0) is 12.8 Å². The number of rotatable bonds is 4. The molecule has 0 aromatic rings. The predicted octanol–water partition coefficient (Wildman–Crippen LogP) is 0.951. The highest BCUT2D eigenvalue weighted by Crippen LogP contribution is 1.91. The van der Waals surface area contributed by atoms with Crippen LogP contribution in [0.3, 0.4) is 0 Å². The van der Waals surface area contributed by atoms with Gasteiger partial charge >= 0.3 is 6.03 Å². The Balaban J connectivity index is 3.21. The lowest BCUT2D eigenvalue weighted by atomic mass is 10.2. The second-order valence-electron chi connectivity index (χ2n) is 2.74. The highest BCUT2D eigenvalue weighted by atomic mass is 16.2. The van der Waals surface area contributed by atoms with E-state index >= 15 is 0 Å². The quantitative estimate of drug-likeness (QED) is 0.637. The molecule has 0 aromatic heterocycles. The highest BCUT2D eigenvalue weighted by Gasteiger charge is 1.99. The van der Waals surface area contributed by atoms with Crippen LogP contribution in [0.25, 0.3) is 0 Å². The number of nitriles is 1. The van der Waals surface area contributed by atoms with Crippen LogP contribution in [0.4, 0.5) is 4.79 Å². The van der Waals surface area contributed by atoms with E-state index < -0.39 is 0 Å².